The van der Waals surface area contributed by atoms with E-state index in [9.17, 15) is 9.90 Å². The van der Waals surface area contributed by atoms with Gasteiger partial charge in [0.2, 0.25) is 7.85 Å². The molecule has 4 nitrogen and oxygen atoms in total. The summed E-state index contributed by atoms with van der Waals surface area (Å²) < 4.78 is 0. The quantitative estimate of drug-likeness (QED) is 0.727. The Morgan fingerprint density at radius 2 is 2.41 bits per heavy atom. The van der Waals surface area contributed by atoms with Gasteiger partial charge in [0.15, 0.2) is 5.81 Å². The summed E-state index contributed by atoms with van der Waals surface area (Å²) >= 11 is 0. The monoisotopic (exact) mass is 232 g/mol. The summed E-state index contributed by atoms with van der Waals surface area (Å²) in [5, 5.41) is 12.3. The van der Waals surface area contributed by atoms with Crippen molar-refractivity contribution in [2.24, 2.45) is 0 Å². The van der Waals surface area contributed by atoms with Crippen LogP contribution in [0.15, 0.2) is 24.3 Å². The average Bonchev–Trinajstić information content (AvgIpc) is 2.74. The molecule has 1 aromatic rings. The number of hydrogen-bond acceptors (Lipinski definition) is 3. The van der Waals surface area contributed by atoms with Crippen molar-refractivity contribution in [1.29, 1.82) is 0 Å². The lowest BCUT2D eigenvalue weighted by Gasteiger charge is -2.18. The Balaban J connectivity index is 2.03. The van der Waals surface area contributed by atoms with E-state index >= 15 is 0 Å². The van der Waals surface area contributed by atoms with E-state index in [-0.39, 0.29) is 11.9 Å². The molecule has 0 unspecified atom stereocenters. The molecule has 0 aliphatic carbocycles. The SMILES string of the molecule is BC(=O)NCc1cccc(N2CC[C@H](O)C2)c1. The van der Waals surface area contributed by atoms with Gasteiger partial charge in [-0.05, 0) is 24.1 Å². The molecular formula is C12H17BN2O2. The van der Waals surface area contributed by atoms with Crippen LogP contribution < -0.4 is 10.2 Å². The number of β-amino-alcohol motifs (C(OH)–C–C–N with tert-alkyl or cyclic N) is 1. The fourth-order valence-electron chi connectivity index (χ4n) is 2.07. The van der Waals surface area contributed by atoms with E-state index in [1.807, 2.05) is 18.2 Å². The van der Waals surface area contributed by atoms with E-state index in [1.165, 1.54) is 7.85 Å². The second kappa shape index (κ2) is 5.23. The van der Waals surface area contributed by atoms with Gasteiger partial charge < -0.3 is 15.3 Å². The molecule has 0 aromatic heterocycles. The van der Waals surface area contributed by atoms with Crippen LogP contribution in [-0.4, -0.2) is 38.0 Å². The minimum atomic E-state index is -0.214. The molecule has 2 N–H and O–H groups in total. The van der Waals surface area contributed by atoms with Crippen molar-refractivity contribution >= 4 is 19.3 Å². The molecule has 1 saturated heterocycles. The zero-order valence-electron chi connectivity index (χ0n) is 10.0. The minimum Gasteiger partial charge on any atom is -0.391 e. The van der Waals surface area contributed by atoms with Crippen LogP contribution in [-0.2, 0) is 6.54 Å². The molecule has 1 aliphatic rings. The predicted octanol–water partition coefficient (Wildman–Crippen LogP) is 0.100. The van der Waals surface area contributed by atoms with Crippen LogP contribution >= 0.6 is 0 Å². The minimum absolute atomic E-state index is 0.0213. The zero-order valence-corrected chi connectivity index (χ0v) is 10.0. The van der Waals surface area contributed by atoms with Crippen LogP contribution in [0.4, 0.5) is 10.5 Å². The average molecular weight is 232 g/mol. The fourth-order valence-corrected chi connectivity index (χ4v) is 2.07. The summed E-state index contributed by atoms with van der Waals surface area (Å²) in [5.74, 6) is -0.0213. The number of amides is 1. The summed E-state index contributed by atoms with van der Waals surface area (Å²) in [4.78, 5) is 13.0. The number of hydrogen-bond donors (Lipinski definition) is 2. The Morgan fingerprint density at radius 1 is 1.59 bits per heavy atom. The maximum absolute atomic E-state index is 10.8. The molecule has 1 fully saturated rings. The molecular weight excluding hydrogens is 215 g/mol. The molecule has 90 valence electrons. The van der Waals surface area contributed by atoms with Gasteiger partial charge in [-0.1, -0.05) is 12.1 Å². The molecule has 1 aromatic carbocycles. The molecule has 1 amide bonds. The Morgan fingerprint density at radius 3 is 3.06 bits per heavy atom. The number of nitrogens with zero attached hydrogens (tertiary/aromatic N) is 1. The predicted molar refractivity (Wildman–Crippen MR) is 70.1 cm³/mol. The molecule has 5 heteroatoms. The molecule has 0 spiro atoms. The van der Waals surface area contributed by atoms with Crippen LogP contribution in [0, 0.1) is 0 Å². The lowest BCUT2D eigenvalue weighted by atomic mass is 10.1. The van der Waals surface area contributed by atoms with Crippen molar-refractivity contribution in [3.05, 3.63) is 29.8 Å². The maximum atomic E-state index is 10.8. The van der Waals surface area contributed by atoms with E-state index in [0.717, 1.165) is 24.2 Å². The lowest BCUT2D eigenvalue weighted by Crippen LogP contribution is -2.22. The Kier molecular flexibility index (Phi) is 3.69. The van der Waals surface area contributed by atoms with E-state index in [0.29, 0.717) is 13.1 Å². The molecule has 2 rings (SSSR count). The summed E-state index contributed by atoms with van der Waals surface area (Å²) in [6.07, 6.45) is 0.615. The van der Waals surface area contributed by atoms with Crippen molar-refractivity contribution in [1.82, 2.24) is 5.32 Å². The van der Waals surface area contributed by atoms with Crippen LogP contribution in [0.3, 0.4) is 0 Å². The number of benzene rings is 1. The Labute approximate surface area is 102 Å². The summed E-state index contributed by atoms with van der Waals surface area (Å²) in [7, 11) is 1.51. The van der Waals surface area contributed by atoms with Crippen molar-refractivity contribution in [2.75, 3.05) is 18.0 Å². The third-order valence-electron chi connectivity index (χ3n) is 2.98. The van der Waals surface area contributed by atoms with E-state index in [1.54, 1.807) is 0 Å². The summed E-state index contributed by atoms with van der Waals surface area (Å²) in [6, 6.07) is 8.08. The molecule has 1 heterocycles. The maximum Gasteiger partial charge on any atom is 0.215 e. The van der Waals surface area contributed by atoms with Crippen LogP contribution in [0.1, 0.15) is 12.0 Å². The van der Waals surface area contributed by atoms with Gasteiger partial charge in [0.1, 0.15) is 0 Å². The van der Waals surface area contributed by atoms with E-state index in [4.69, 9.17) is 0 Å². The molecule has 0 bridgehead atoms. The van der Waals surface area contributed by atoms with E-state index in [2.05, 4.69) is 16.3 Å². The standard InChI is InChI=1S/C12H17BN2O2/c13-12(17)14-7-9-2-1-3-10(6-9)15-5-4-11(16)8-15/h1-3,6,11,16H,4-5,7-8,13H2,(H,14,17)/t11-/m0/s1. The molecule has 1 atom stereocenters. The first kappa shape index (κ1) is 12.0. The van der Waals surface area contributed by atoms with Crippen molar-refractivity contribution < 1.29 is 9.90 Å². The zero-order chi connectivity index (χ0) is 12.3. The number of rotatable bonds is 3. The number of anilines is 1. The first-order valence-corrected chi connectivity index (χ1v) is 5.91. The van der Waals surface area contributed by atoms with Crippen molar-refractivity contribution in [3.8, 4) is 0 Å². The van der Waals surface area contributed by atoms with Gasteiger partial charge in [0.05, 0.1) is 6.10 Å². The Hall–Kier alpha value is -1.49. The second-order valence-corrected chi connectivity index (χ2v) is 4.47. The van der Waals surface area contributed by atoms with Crippen LogP contribution in [0.2, 0.25) is 0 Å². The first-order valence-electron chi connectivity index (χ1n) is 5.91. The van der Waals surface area contributed by atoms with Gasteiger partial charge in [-0.15, -0.1) is 0 Å². The second-order valence-electron chi connectivity index (χ2n) is 4.47. The largest absolute Gasteiger partial charge is 0.391 e. The molecule has 0 radical (unpaired) electrons. The number of carbonyl (C=O) groups is 1. The molecule has 17 heavy (non-hydrogen) atoms. The van der Waals surface area contributed by atoms with Gasteiger partial charge in [0.25, 0.3) is 0 Å². The highest BCUT2D eigenvalue weighted by atomic mass is 16.3. The van der Waals surface area contributed by atoms with Crippen LogP contribution in [0.5, 0.6) is 0 Å². The van der Waals surface area contributed by atoms with Crippen molar-refractivity contribution in [2.45, 2.75) is 19.1 Å². The third kappa shape index (κ3) is 3.23. The highest BCUT2D eigenvalue weighted by Crippen LogP contribution is 2.21. The number of aliphatic hydroxyl groups is 1. The van der Waals surface area contributed by atoms with Gasteiger partial charge in [-0.25, -0.2) is 0 Å². The van der Waals surface area contributed by atoms with Crippen molar-refractivity contribution in [3.63, 3.8) is 0 Å². The van der Waals surface area contributed by atoms with Gasteiger partial charge in [0, 0.05) is 25.3 Å². The van der Waals surface area contributed by atoms with Gasteiger partial charge in [-0.2, -0.15) is 0 Å². The summed E-state index contributed by atoms with van der Waals surface area (Å²) in [6.45, 7) is 2.15. The lowest BCUT2D eigenvalue weighted by molar-refractivity contribution is 0.198. The van der Waals surface area contributed by atoms with Gasteiger partial charge in [-0.3, -0.25) is 4.79 Å². The number of carbonyl (C=O) groups excluding carboxylic acids is 1. The normalized spacial score (nSPS) is 19.4. The number of aliphatic hydroxyl groups excluding tert-OH is 1. The first-order chi connectivity index (χ1) is 8.15. The Bertz CT molecular complexity index is 411. The highest BCUT2D eigenvalue weighted by Gasteiger charge is 2.20. The number of nitrogens with one attached hydrogen (secondary N) is 1. The fraction of sp³-hybridized carbons (Fsp3) is 0.417. The summed E-state index contributed by atoms with van der Waals surface area (Å²) in [5.41, 5.74) is 2.20. The highest BCUT2D eigenvalue weighted by molar-refractivity contribution is 6.57. The molecule has 0 saturated carbocycles. The third-order valence-corrected chi connectivity index (χ3v) is 2.98. The molecule has 1 aliphatic heterocycles. The smallest absolute Gasteiger partial charge is 0.215 e. The topological polar surface area (TPSA) is 52.6 Å². The van der Waals surface area contributed by atoms with E-state index < -0.39 is 0 Å². The van der Waals surface area contributed by atoms with Gasteiger partial charge >= 0.3 is 0 Å². The van der Waals surface area contributed by atoms with Crippen LogP contribution in [0.25, 0.3) is 0 Å².